The molecule has 0 saturated heterocycles. The van der Waals surface area contributed by atoms with E-state index >= 15 is 0 Å². The summed E-state index contributed by atoms with van der Waals surface area (Å²) in [5, 5.41) is 0.737. The average molecular weight is 448 g/mol. The predicted octanol–water partition coefficient (Wildman–Crippen LogP) is 5.49. The van der Waals surface area contributed by atoms with Gasteiger partial charge in [-0.2, -0.15) is 0 Å². The minimum absolute atomic E-state index is 0.131. The Morgan fingerprint density at radius 3 is 2.19 bits per heavy atom. The summed E-state index contributed by atoms with van der Waals surface area (Å²) in [6.45, 7) is 1.64. The highest BCUT2D eigenvalue weighted by molar-refractivity contribution is 6.55. The highest BCUT2D eigenvalue weighted by atomic mass is 35.5. The van der Waals surface area contributed by atoms with Gasteiger partial charge in [0, 0.05) is 33.0 Å². The van der Waals surface area contributed by atoms with E-state index in [1.165, 1.54) is 6.08 Å². The van der Waals surface area contributed by atoms with Gasteiger partial charge < -0.3 is 23.7 Å². The molecule has 9 heteroatoms. The number of ether oxygens (including phenoxy) is 5. The summed E-state index contributed by atoms with van der Waals surface area (Å²) in [5.41, 5.74) is 0. The van der Waals surface area contributed by atoms with Crippen LogP contribution in [-0.2, 0) is 14.2 Å². The third-order valence-corrected chi connectivity index (χ3v) is 4.04. The van der Waals surface area contributed by atoms with Crippen LogP contribution < -0.4 is 9.47 Å². The Hall–Kier alpha value is -0.400. The zero-order valence-electron chi connectivity index (χ0n) is 14.6. The van der Waals surface area contributed by atoms with Crippen LogP contribution in [0.25, 0.3) is 0 Å². The molecule has 0 radical (unpaired) electrons. The fourth-order valence-electron chi connectivity index (χ4n) is 1.85. The van der Waals surface area contributed by atoms with Crippen LogP contribution in [0.5, 0.6) is 11.5 Å². The van der Waals surface area contributed by atoms with Crippen molar-refractivity contribution in [2.45, 2.75) is 19.1 Å². The Kier molecular flexibility index (Phi) is 12.5. The van der Waals surface area contributed by atoms with Crippen molar-refractivity contribution in [2.75, 3.05) is 40.6 Å². The van der Waals surface area contributed by atoms with E-state index in [-0.39, 0.29) is 17.4 Å². The van der Waals surface area contributed by atoms with Gasteiger partial charge in [0.25, 0.3) is 0 Å². The fraction of sp³-hybridized carbons (Fsp3) is 0.529. The van der Waals surface area contributed by atoms with E-state index in [1.807, 2.05) is 0 Å². The number of hydrogen-bond donors (Lipinski definition) is 0. The van der Waals surface area contributed by atoms with Gasteiger partial charge in [0.15, 0.2) is 12.0 Å². The van der Waals surface area contributed by atoms with Crippen LogP contribution in [0.3, 0.4) is 0 Å². The molecule has 0 amide bonds. The van der Waals surface area contributed by atoms with Crippen molar-refractivity contribution in [1.82, 2.24) is 0 Å². The van der Waals surface area contributed by atoms with Gasteiger partial charge >= 0.3 is 0 Å². The van der Waals surface area contributed by atoms with Gasteiger partial charge in [0.1, 0.15) is 16.8 Å². The van der Waals surface area contributed by atoms with E-state index in [0.717, 1.165) is 12.8 Å². The first-order valence-corrected chi connectivity index (χ1v) is 9.38. The Labute approximate surface area is 174 Å². The van der Waals surface area contributed by atoms with Crippen LogP contribution in [0.1, 0.15) is 12.8 Å². The number of rotatable bonds is 13. The third kappa shape index (κ3) is 9.51. The first kappa shape index (κ1) is 23.6. The molecule has 1 aromatic carbocycles. The van der Waals surface area contributed by atoms with E-state index in [9.17, 15) is 0 Å². The highest BCUT2D eigenvalue weighted by Gasteiger charge is 2.11. The lowest BCUT2D eigenvalue weighted by Crippen LogP contribution is -2.20. The Morgan fingerprint density at radius 1 is 1.00 bits per heavy atom. The molecule has 0 N–H and O–H groups in total. The molecule has 0 aliphatic rings. The van der Waals surface area contributed by atoms with Crippen LogP contribution in [0.15, 0.2) is 22.7 Å². The predicted molar refractivity (Wildman–Crippen MR) is 105 cm³/mol. The first-order chi connectivity index (χ1) is 12.5. The monoisotopic (exact) mass is 446 g/mol. The van der Waals surface area contributed by atoms with E-state index in [0.29, 0.717) is 41.4 Å². The first-order valence-electron chi connectivity index (χ1n) is 7.87. The fourth-order valence-corrected chi connectivity index (χ4v) is 2.55. The lowest BCUT2D eigenvalue weighted by atomic mass is 10.3. The summed E-state index contributed by atoms with van der Waals surface area (Å²) in [6.07, 6.45) is 2.77. The normalized spacial score (nSPS) is 10.9. The summed E-state index contributed by atoms with van der Waals surface area (Å²) in [4.78, 5) is 0. The number of unbranched alkanes of at least 4 members (excludes halogenated alkanes) is 1. The van der Waals surface area contributed by atoms with Gasteiger partial charge in [-0.25, -0.2) is 0 Å². The van der Waals surface area contributed by atoms with Gasteiger partial charge in [0.05, 0.1) is 23.3 Å². The molecule has 0 bridgehead atoms. The molecule has 0 spiro atoms. The number of hydrogen-bond acceptors (Lipinski definition) is 5. The average Bonchev–Trinajstić information content (AvgIpc) is 2.59. The molecular weight excluding hydrogens is 426 g/mol. The van der Waals surface area contributed by atoms with Gasteiger partial charge in [-0.3, -0.25) is 0 Å². The van der Waals surface area contributed by atoms with Crippen LogP contribution in [0.4, 0.5) is 0 Å². The molecule has 0 aliphatic heterocycles. The van der Waals surface area contributed by atoms with Crippen molar-refractivity contribution in [3.8, 4) is 11.5 Å². The Bertz CT molecular complexity index is 537. The van der Waals surface area contributed by atoms with Crippen LogP contribution in [0, 0.1) is 0 Å². The SMILES string of the molecule is COC(COCCCCOc1c(Cl)cc(OCC=C(Cl)Cl)cc1Cl)OC. The smallest absolute Gasteiger partial charge is 0.180 e. The van der Waals surface area contributed by atoms with Gasteiger partial charge in [-0.1, -0.05) is 46.4 Å². The Balaban J connectivity index is 2.33. The Morgan fingerprint density at radius 2 is 1.62 bits per heavy atom. The van der Waals surface area contributed by atoms with Crippen molar-refractivity contribution >= 4 is 46.4 Å². The van der Waals surface area contributed by atoms with Gasteiger partial charge in [-0.05, 0) is 18.9 Å². The topological polar surface area (TPSA) is 46.2 Å². The van der Waals surface area contributed by atoms with Crippen LogP contribution >= 0.6 is 46.4 Å². The molecule has 1 aromatic rings. The number of methoxy groups -OCH3 is 2. The van der Waals surface area contributed by atoms with Crippen molar-refractivity contribution < 1.29 is 23.7 Å². The minimum atomic E-state index is -0.347. The highest BCUT2D eigenvalue weighted by Crippen LogP contribution is 2.37. The van der Waals surface area contributed by atoms with Gasteiger partial charge in [0.2, 0.25) is 0 Å². The molecule has 0 atom stereocenters. The molecule has 1 rings (SSSR count). The molecule has 26 heavy (non-hydrogen) atoms. The summed E-state index contributed by atoms with van der Waals surface area (Å²) in [5.74, 6) is 0.920. The molecule has 0 aromatic heterocycles. The van der Waals surface area contributed by atoms with E-state index in [2.05, 4.69) is 0 Å². The zero-order chi connectivity index (χ0) is 19.4. The quantitative estimate of drug-likeness (QED) is 0.295. The second-order valence-corrected chi connectivity index (χ2v) is 6.87. The summed E-state index contributed by atoms with van der Waals surface area (Å²) in [6, 6.07) is 3.25. The van der Waals surface area contributed by atoms with Crippen molar-refractivity contribution in [1.29, 1.82) is 0 Å². The molecule has 0 fully saturated rings. The van der Waals surface area contributed by atoms with Crippen molar-refractivity contribution in [3.05, 3.63) is 32.7 Å². The van der Waals surface area contributed by atoms with Crippen LogP contribution in [-0.4, -0.2) is 46.9 Å². The number of halogens is 4. The maximum atomic E-state index is 6.20. The van der Waals surface area contributed by atoms with E-state index < -0.39 is 0 Å². The van der Waals surface area contributed by atoms with E-state index in [4.69, 9.17) is 70.1 Å². The van der Waals surface area contributed by atoms with Crippen molar-refractivity contribution in [2.24, 2.45) is 0 Å². The maximum Gasteiger partial charge on any atom is 0.180 e. The molecule has 0 unspecified atom stereocenters. The second-order valence-electron chi connectivity index (χ2n) is 5.05. The summed E-state index contributed by atoms with van der Waals surface area (Å²) >= 11 is 23.4. The third-order valence-electron chi connectivity index (χ3n) is 3.17. The second kappa shape index (κ2) is 13.7. The molecule has 0 aliphatic carbocycles. The standard InChI is InChI=1S/C17H22Cl4O5/c1-22-16(23-2)11-24-6-3-4-7-26-17-13(18)9-12(10-14(17)19)25-8-5-15(20)21/h5,9-10,16H,3-4,6-8,11H2,1-2H3. The lowest BCUT2D eigenvalue weighted by molar-refractivity contribution is -0.140. The molecule has 0 saturated carbocycles. The zero-order valence-corrected chi connectivity index (χ0v) is 17.6. The van der Waals surface area contributed by atoms with Crippen molar-refractivity contribution in [3.63, 3.8) is 0 Å². The largest absolute Gasteiger partial charge is 0.490 e. The lowest BCUT2D eigenvalue weighted by Gasteiger charge is -2.14. The molecule has 148 valence electrons. The van der Waals surface area contributed by atoms with Crippen LogP contribution in [0.2, 0.25) is 10.0 Å². The molecule has 5 nitrogen and oxygen atoms in total. The summed E-state index contributed by atoms with van der Waals surface area (Å²) < 4.78 is 26.7. The maximum absolute atomic E-state index is 6.20. The van der Waals surface area contributed by atoms with Gasteiger partial charge in [-0.15, -0.1) is 0 Å². The molecular formula is C17H22Cl4O5. The number of benzene rings is 1. The summed E-state index contributed by atoms with van der Waals surface area (Å²) in [7, 11) is 3.14. The van der Waals surface area contributed by atoms with E-state index in [1.54, 1.807) is 26.4 Å². The minimum Gasteiger partial charge on any atom is -0.490 e. The molecule has 0 heterocycles.